The van der Waals surface area contributed by atoms with Crippen LogP contribution in [0.4, 0.5) is 5.69 Å². The van der Waals surface area contributed by atoms with E-state index in [4.69, 9.17) is 21.7 Å². The smallest absolute Gasteiger partial charge is 0.257 e. The number of hydrogen-bond donors (Lipinski definition) is 3. The fraction of sp³-hybridized carbons (Fsp3) is 0.222. The Labute approximate surface area is 210 Å². The standard InChI is InChI=1S/C27H29N3O4S/c1-33-17-6-16-28-25(31)22-9-5-10-23(19-22)29-27(35)30-26(32)21-11-13-24(14-12-21)34-18-15-20-7-3-2-4-8-20/h2-5,7-14,19H,6,15-18H2,1H3,(H,28,31)(H2,29,30,32,35). The molecule has 0 aliphatic rings. The SMILES string of the molecule is COCCCNC(=O)c1cccc(NC(=S)NC(=O)c2ccc(OCCc3ccccc3)cc2)c1. The molecule has 35 heavy (non-hydrogen) atoms. The molecule has 182 valence electrons. The Balaban J connectivity index is 1.46. The molecule has 0 spiro atoms. The first kappa shape index (κ1) is 25.9. The van der Waals surface area contributed by atoms with Gasteiger partial charge in [-0.2, -0.15) is 0 Å². The molecule has 0 heterocycles. The van der Waals surface area contributed by atoms with Gasteiger partial charge >= 0.3 is 0 Å². The molecule has 7 nitrogen and oxygen atoms in total. The van der Waals surface area contributed by atoms with Crippen molar-refractivity contribution in [2.75, 3.05) is 32.2 Å². The van der Waals surface area contributed by atoms with E-state index in [0.29, 0.717) is 42.3 Å². The molecule has 0 atom stereocenters. The van der Waals surface area contributed by atoms with Gasteiger partial charge in [-0.3, -0.25) is 14.9 Å². The number of ether oxygens (including phenoxy) is 2. The van der Waals surface area contributed by atoms with Gasteiger partial charge in [-0.1, -0.05) is 36.4 Å². The van der Waals surface area contributed by atoms with E-state index in [1.807, 2.05) is 18.2 Å². The van der Waals surface area contributed by atoms with Crippen LogP contribution in [0.15, 0.2) is 78.9 Å². The summed E-state index contributed by atoms with van der Waals surface area (Å²) in [5, 5.41) is 8.56. The molecule has 3 aromatic rings. The third-order valence-electron chi connectivity index (χ3n) is 5.04. The lowest BCUT2D eigenvalue weighted by Gasteiger charge is -2.11. The molecule has 0 saturated heterocycles. The van der Waals surface area contributed by atoms with Crippen molar-refractivity contribution in [3.63, 3.8) is 0 Å². The molecular formula is C27H29N3O4S. The van der Waals surface area contributed by atoms with Crippen LogP contribution in [-0.4, -0.2) is 43.8 Å². The monoisotopic (exact) mass is 491 g/mol. The summed E-state index contributed by atoms with van der Waals surface area (Å²) in [5.41, 5.74) is 2.75. The average Bonchev–Trinajstić information content (AvgIpc) is 2.87. The van der Waals surface area contributed by atoms with Gasteiger partial charge in [-0.15, -0.1) is 0 Å². The van der Waals surface area contributed by atoms with E-state index < -0.39 is 0 Å². The van der Waals surface area contributed by atoms with Crippen LogP contribution in [-0.2, 0) is 11.2 Å². The van der Waals surface area contributed by atoms with Crippen LogP contribution in [0.2, 0.25) is 0 Å². The number of thiocarbonyl (C=S) groups is 1. The maximum atomic E-state index is 12.5. The number of amides is 2. The lowest BCUT2D eigenvalue weighted by atomic mass is 10.2. The Morgan fingerprint density at radius 1 is 0.857 bits per heavy atom. The number of rotatable bonds is 11. The van der Waals surface area contributed by atoms with Crippen molar-refractivity contribution in [2.24, 2.45) is 0 Å². The zero-order valence-corrected chi connectivity index (χ0v) is 20.4. The van der Waals surface area contributed by atoms with E-state index >= 15 is 0 Å². The van der Waals surface area contributed by atoms with Gasteiger partial charge in [-0.25, -0.2) is 0 Å². The van der Waals surface area contributed by atoms with E-state index in [0.717, 1.165) is 12.8 Å². The first-order chi connectivity index (χ1) is 17.0. The first-order valence-electron chi connectivity index (χ1n) is 11.3. The van der Waals surface area contributed by atoms with Crippen molar-refractivity contribution in [1.82, 2.24) is 10.6 Å². The largest absolute Gasteiger partial charge is 0.493 e. The van der Waals surface area contributed by atoms with Gasteiger partial charge in [0.25, 0.3) is 11.8 Å². The highest BCUT2D eigenvalue weighted by Crippen LogP contribution is 2.14. The second kappa shape index (κ2) is 13.8. The van der Waals surface area contributed by atoms with Gasteiger partial charge in [0, 0.05) is 43.5 Å². The van der Waals surface area contributed by atoms with Crippen LogP contribution in [0.3, 0.4) is 0 Å². The molecule has 0 radical (unpaired) electrons. The number of benzene rings is 3. The summed E-state index contributed by atoms with van der Waals surface area (Å²) >= 11 is 5.27. The molecule has 3 aromatic carbocycles. The Bertz CT molecular complexity index is 1120. The van der Waals surface area contributed by atoms with Crippen LogP contribution in [0, 0.1) is 0 Å². The van der Waals surface area contributed by atoms with Gasteiger partial charge in [0.2, 0.25) is 0 Å². The lowest BCUT2D eigenvalue weighted by molar-refractivity contribution is 0.0946. The summed E-state index contributed by atoms with van der Waals surface area (Å²) in [7, 11) is 1.62. The molecule has 8 heteroatoms. The molecule has 0 fully saturated rings. The molecule has 3 N–H and O–H groups in total. The van der Waals surface area contributed by atoms with E-state index in [9.17, 15) is 9.59 Å². The molecule has 0 aromatic heterocycles. The van der Waals surface area contributed by atoms with Gasteiger partial charge in [0.15, 0.2) is 5.11 Å². The van der Waals surface area contributed by atoms with Crippen molar-refractivity contribution >= 4 is 34.8 Å². The predicted octanol–water partition coefficient (Wildman–Crippen LogP) is 4.20. The van der Waals surface area contributed by atoms with Crippen molar-refractivity contribution in [2.45, 2.75) is 12.8 Å². The van der Waals surface area contributed by atoms with E-state index in [1.54, 1.807) is 55.6 Å². The Morgan fingerprint density at radius 2 is 1.63 bits per heavy atom. The normalized spacial score (nSPS) is 10.3. The molecule has 0 unspecified atom stereocenters. The molecule has 0 bridgehead atoms. The number of carbonyl (C=O) groups is 2. The van der Waals surface area contributed by atoms with Gasteiger partial charge < -0.3 is 20.1 Å². The van der Waals surface area contributed by atoms with Crippen molar-refractivity contribution in [1.29, 1.82) is 0 Å². The van der Waals surface area contributed by atoms with Gasteiger partial charge in [0.05, 0.1) is 6.61 Å². The van der Waals surface area contributed by atoms with Gasteiger partial charge in [-0.05, 0) is 66.7 Å². The Hall–Kier alpha value is -3.75. The van der Waals surface area contributed by atoms with E-state index in [2.05, 4.69) is 28.1 Å². The minimum Gasteiger partial charge on any atom is -0.493 e. The second-order valence-corrected chi connectivity index (χ2v) is 8.11. The maximum absolute atomic E-state index is 12.5. The quantitative estimate of drug-likeness (QED) is 0.275. The van der Waals surface area contributed by atoms with Crippen LogP contribution in [0.1, 0.15) is 32.7 Å². The Morgan fingerprint density at radius 3 is 2.37 bits per heavy atom. The molecule has 3 rings (SSSR count). The fourth-order valence-electron chi connectivity index (χ4n) is 3.23. The number of hydrogen-bond acceptors (Lipinski definition) is 5. The van der Waals surface area contributed by atoms with Crippen LogP contribution >= 0.6 is 12.2 Å². The minimum atomic E-state index is -0.342. The summed E-state index contributed by atoms with van der Waals surface area (Å²) in [5.74, 6) is 0.159. The number of nitrogens with one attached hydrogen (secondary N) is 3. The summed E-state index contributed by atoms with van der Waals surface area (Å²) in [6, 6.07) is 23.9. The average molecular weight is 492 g/mol. The van der Waals surface area contributed by atoms with Crippen molar-refractivity contribution < 1.29 is 19.1 Å². The third kappa shape index (κ3) is 8.84. The zero-order valence-electron chi connectivity index (χ0n) is 19.6. The van der Waals surface area contributed by atoms with Crippen LogP contribution in [0.25, 0.3) is 0 Å². The summed E-state index contributed by atoms with van der Waals surface area (Å²) in [6.45, 7) is 1.66. The molecular weight excluding hydrogens is 462 g/mol. The highest BCUT2D eigenvalue weighted by atomic mass is 32.1. The topological polar surface area (TPSA) is 88.7 Å². The number of carbonyl (C=O) groups excluding carboxylic acids is 2. The van der Waals surface area contributed by atoms with Crippen molar-refractivity contribution in [3.8, 4) is 5.75 Å². The third-order valence-corrected chi connectivity index (χ3v) is 5.24. The summed E-state index contributed by atoms with van der Waals surface area (Å²) < 4.78 is 10.7. The molecule has 0 aliphatic carbocycles. The van der Waals surface area contributed by atoms with Crippen molar-refractivity contribution in [3.05, 3.63) is 95.6 Å². The highest BCUT2D eigenvalue weighted by molar-refractivity contribution is 7.80. The highest BCUT2D eigenvalue weighted by Gasteiger charge is 2.10. The Kier molecular flexibility index (Phi) is 10.2. The summed E-state index contributed by atoms with van der Waals surface area (Å²) in [4.78, 5) is 24.8. The predicted molar refractivity (Wildman–Crippen MR) is 141 cm³/mol. The number of anilines is 1. The van der Waals surface area contributed by atoms with Crippen LogP contribution in [0.5, 0.6) is 5.75 Å². The maximum Gasteiger partial charge on any atom is 0.257 e. The zero-order chi connectivity index (χ0) is 24.9. The molecule has 2 amide bonds. The van der Waals surface area contributed by atoms with Crippen LogP contribution < -0.4 is 20.7 Å². The minimum absolute atomic E-state index is 0.135. The lowest BCUT2D eigenvalue weighted by Crippen LogP contribution is -2.34. The van der Waals surface area contributed by atoms with Gasteiger partial charge in [0.1, 0.15) is 5.75 Å². The van der Waals surface area contributed by atoms with E-state index in [1.165, 1.54) is 5.56 Å². The second-order valence-electron chi connectivity index (χ2n) is 7.70. The summed E-state index contributed by atoms with van der Waals surface area (Å²) in [6.07, 6.45) is 1.54. The molecule has 0 aliphatic heterocycles. The van der Waals surface area contributed by atoms with E-state index in [-0.39, 0.29) is 16.9 Å². The fourth-order valence-corrected chi connectivity index (χ4v) is 3.44. The number of methoxy groups -OCH3 is 1. The molecule has 0 saturated carbocycles. The first-order valence-corrected chi connectivity index (χ1v) is 11.7.